The van der Waals surface area contributed by atoms with Crippen LogP contribution in [0.4, 0.5) is 4.39 Å². The first-order valence-electron chi connectivity index (χ1n) is 11.0. The van der Waals surface area contributed by atoms with Gasteiger partial charge in [-0.2, -0.15) is 5.10 Å². The molecule has 1 aliphatic heterocycles. The summed E-state index contributed by atoms with van der Waals surface area (Å²) in [6.07, 6.45) is 2.57. The van der Waals surface area contributed by atoms with Crippen molar-refractivity contribution in [2.45, 2.75) is 51.6 Å². The highest BCUT2D eigenvalue weighted by Gasteiger charge is 2.32. The summed E-state index contributed by atoms with van der Waals surface area (Å²) in [5, 5.41) is 19.2. The highest BCUT2D eigenvalue weighted by atomic mass is 19.1. The molecule has 9 nitrogen and oxygen atoms in total. The summed E-state index contributed by atoms with van der Waals surface area (Å²) in [6, 6.07) is 5.64. The normalized spacial score (nSPS) is 22.1. The summed E-state index contributed by atoms with van der Waals surface area (Å²) in [7, 11) is 0. The third-order valence-electron chi connectivity index (χ3n) is 6.24. The van der Waals surface area contributed by atoms with Crippen LogP contribution in [0.1, 0.15) is 42.6 Å². The fourth-order valence-electron chi connectivity index (χ4n) is 4.39. The fraction of sp³-hybridized carbons (Fsp3) is 0.333. The molecular weight excluding hydrogens is 439 g/mol. The van der Waals surface area contributed by atoms with Gasteiger partial charge in [0, 0.05) is 23.0 Å². The third-order valence-corrected chi connectivity index (χ3v) is 6.24. The molecule has 10 heteroatoms. The van der Waals surface area contributed by atoms with Crippen LogP contribution < -0.4 is 21.8 Å². The van der Waals surface area contributed by atoms with Crippen molar-refractivity contribution in [2.75, 3.05) is 0 Å². The highest BCUT2D eigenvalue weighted by molar-refractivity contribution is 6.53. The number of furan rings is 1. The average Bonchev–Trinajstić information content (AvgIpc) is 3.12. The molecule has 2 amide bonds. The van der Waals surface area contributed by atoms with E-state index in [0.717, 1.165) is 16.5 Å². The minimum atomic E-state index is -1.01. The number of rotatable bonds is 5. The van der Waals surface area contributed by atoms with Gasteiger partial charge < -0.3 is 20.8 Å². The van der Waals surface area contributed by atoms with Gasteiger partial charge in [-0.1, -0.05) is 18.2 Å². The summed E-state index contributed by atoms with van der Waals surface area (Å²) in [5.41, 5.74) is 11.2. The van der Waals surface area contributed by atoms with Crippen molar-refractivity contribution in [2.24, 2.45) is 10.8 Å². The second kappa shape index (κ2) is 9.12. The number of halogens is 1. The molecule has 1 aromatic carbocycles. The molecule has 0 saturated heterocycles. The first-order chi connectivity index (χ1) is 16.2. The van der Waals surface area contributed by atoms with Crippen molar-refractivity contribution >= 4 is 40.0 Å². The predicted molar refractivity (Wildman–Crippen MR) is 128 cm³/mol. The monoisotopic (exact) mass is 466 g/mol. The molecule has 0 spiro atoms. The zero-order chi connectivity index (χ0) is 24.6. The Balaban J connectivity index is 1.69. The minimum Gasteiger partial charge on any atom is -0.454 e. The quantitative estimate of drug-likeness (QED) is 0.430. The number of nitrogens with one attached hydrogen (secondary N) is 4. The van der Waals surface area contributed by atoms with Gasteiger partial charge in [0.1, 0.15) is 11.3 Å². The number of hydrogen-bond acceptors (Lipinski definition) is 7. The second-order valence-electron chi connectivity index (χ2n) is 8.69. The van der Waals surface area contributed by atoms with Crippen molar-refractivity contribution in [1.82, 2.24) is 16.1 Å². The van der Waals surface area contributed by atoms with Gasteiger partial charge in [-0.05, 0) is 51.7 Å². The van der Waals surface area contributed by atoms with Crippen molar-refractivity contribution in [3.05, 3.63) is 53.1 Å². The molecule has 1 saturated carbocycles. The van der Waals surface area contributed by atoms with Crippen LogP contribution >= 0.6 is 0 Å². The van der Waals surface area contributed by atoms with Gasteiger partial charge in [-0.15, -0.1) is 0 Å². The average molecular weight is 467 g/mol. The smallest absolute Gasteiger partial charge is 0.290 e. The van der Waals surface area contributed by atoms with Gasteiger partial charge in [0.2, 0.25) is 0 Å². The number of aryl methyl sites for hydroxylation is 2. The SMILES string of the molecule is C=C(F)C(=O)NC1CCC(N/C(=C2\C(=N)C(=O)NN=C2N)c2oc3ccc(C)cc3c2C)CC1. The molecule has 4 rings (SSSR count). The molecule has 2 aliphatic rings. The van der Waals surface area contributed by atoms with Crippen molar-refractivity contribution in [3.63, 3.8) is 0 Å². The van der Waals surface area contributed by atoms with E-state index in [0.29, 0.717) is 42.7 Å². The molecule has 1 aliphatic carbocycles. The molecule has 178 valence electrons. The highest BCUT2D eigenvalue weighted by Crippen LogP contribution is 2.33. The summed E-state index contributed by atoms with van der Waals surface area (Å²) in [6.45, 7) is 6.93. The lowest BCUT2D eigenvalue weighted by Gasteiger charge is -2.31. The predicted octanol–water partition coefficient (Wildman–Crippen LogP) is 2.68. The molecule has 0 bridgehead atoms. The van der Waals surface area contributed by atoms with E-state index >= 15 is 0 Å². The summed E-state index contributed by atoms with van der Waals surface area (Å²) in [4.78, 5) is 23.8. The van der Waals surface area contributed by atoms with E-state index in [4.69, 9.17) is 15.6 Å². The van der Waals surface area contributed by atoms with E-state index in [-0.39, 0.29) is 29.2 Å². The van der Waals surface area contributed by atoms with Crippen LogP contribution in [0.5, 0.6) is 0 Å². The Morgan fingerprint density at radius 3 is 2.53 bits per heavy atom. The number of amides is 2. The number of hydrogen-bond donors (Lipinski definition) is 5. The van der Waals surface area contributed by atoms with Crippen LogP contribution in [0.2, 0.25) is 0 Å². The number of nitrogens with two attached hydrogens (primary N) is 1. The van der Waals surface area contributed by atoms with Gasteiger partial charge >= 0.3 is 0 Å². The van der Waals surface area contributed by atoms with Crippen molar-refractivity contribution in [3.8, 4) is 0 Å². The van der Waals surface area contributed by atoms with Gasteiger partial charge in [0.15, 0.2) is 17.4 Å². The number of fused-ring (bicyclic) bond motifs is 1. The Labute approximate surface area is 195 Å². The number of hydrazone groups is 1. The Morgan fingerprint density at radius 2 is 1.88 bits per heavy atom. The lowest BCUT2D eigenvalue weighted by molar-refractivity contribution is -0.119. The maximum atomic E-state index is 13.0. The molecule has 34 heavy (non-hydrogen) atoms. The second-order valence-corrected chi connectivity index (χ2v) is 8.69. The Hall–Kier alpha value is -3.95. The molecule has 0 atom stereocenters. The number of benzene rings is 1. The standard InChI is InChI=1S/C24H27FN6O3/c1-11-4-9-17-16(10-11)12(2)21(34-17)20(18-19(26)24(33)31-30-22(18)27)28-14-5-7-15(8-6-14)29-23(32)13(3)25/h4,9-10,14-15,26,28H,3,5-8H2,1-2H3,(H2,27,30)(H,29,32)(H,31,33)/b20-18+,26-19?. The number of carbonyl (C=O) groups is 2. The molecule has 0 radical (unpaired) electrons. The summed E-state index contributed by atoms with van der Waals surface area (Å²) < 4.78 is 19.2. The topological polar surface area (TPSA) is 146 Å². The van der Waals surface area contributed by atoms with E-state index in [1.807, 2.05) is 32.0 Å². The third kappa shape index (κ3) is 4.43. The van der Waals surface area contributed by atoms with Gasteiger partial charge in [0.05, 0.1) is 11.3 Å². The Bertz CT molecular complexity index is 1270. The molecule has 2 heterocycles. The zero-order valence-corrected chi connectivity index (χ0v) is 19.0. The summed E-state index contributed by atoms with van der Waals surface area (Å²) in [5.74, 6) is -1.97. The van der Waals surface area contributed by atoms with Crippen LogP contribution in [0.25, 0.3) is 16.7 Å². The van der Waals surface area contributed by atoms with E-state index in [9.17, 15) is 14.0 Å². The molecule has 2 aromatic rings. The van der Waals surface area contributed by atoms with Crippen molar-refractivity contribution in [1.29, 1.82) is 5.41 Å². The maximum absolute atomic E-state index is 13.0. The van der Waals surface area contributed by atoms with Crippen molar-refractivity contribution < 1.29 is 18.4 Å². The van der Waals surface area contributed by atoms with E-state index in [1.165, 1.54) is 0 Å². The lowest BCUT2D eigenvalue weighted by Crippen LogP contribution is -2.44. The Morgan fingerprint density at radius 1 is 1.24 bits per heavy atom. The lowest BCUT2D eigenvalue weighted by atomic mass is 9.90. The first kappa shape index (κ1) is 23.2. The number of amidine groups is 1. The van der Waals surface area contributed by atoms with E-state index < -0.39 is 17.6 Å². The van der Waals surface area contributed by atoms with Gasteiger partial charge in [0.25, 0.3) is 11.8 Å². The van der Waals surface area contributed by atoms with E-state index in [2.05, 4.69) is 27.7 Å². The molecule has 6 N–H and O–H groups in total. The number of carbonyl (C=O) groups excluding carboxylic acids is 2. The minimum absolute atomic E-state index is 0.00513. The molecule has 1 fully saturated rings. The molecule has 0 unspecified atom stereocenters. The fourth-order valence-corrected chi connectivity index (χ4v) is 4.39. The maximum Gasteiger partial charge on any atom is 0.290 e. The molecule has 1 aromatic heterocycles. The van der Waals surface area contributed by atoms with Crippen LogP contribution in [0, 0.1) is 19.3 Å². The number of nitrogens with zero attached hydrogens (tertiary/aromatic N) is 1. The zero-order valence-electron chi connectivity index (χ0n) is 19.0. The first-order valence-corrected chi connectivity index (χ1v) is 11.0. The van der Waals surface area contributed by atoms with Crippen LogP contribution in [0.15, 0.2) is 45.7 Å². The van der Waals surface area contributed by atoms with E-state index in [1.54, 1.807) is 0 Å². The van der Waals surface area contributed by atoms with Crippen LogP contribution in [0.3, 0.4) is 0 Å². The van der Waals surface area contributed by atoms with Gasteiger partial charge in [-0.3, -0.25) is 15.0 Å². The largest absolute Gasteiger partial charge is 0.454 e. The Kier molecular flexibility index (Phi) is 6.23. The van der Waals surface area contributed by atoms with Crippen LogP contribution in [-0.4, -0.2) is 35.4 Å². The van der Waals surface area contributed by atoms with Gasteiger partial charge in [-0.25, -0.2) is 9.82 Å². The van der Waals surface area contributed by atoms with Crippen LogP contribution in [-0.2, 0) is 9.59 Å². The molecular formula is C24H27FN6O3. The summed E-state index contributed by atoms with van der Waals surface area (Å²) >= 11 is 0.